The average molecular weight is 1410 g/mol. The number of carbonyl (C=O) groups excluding carboxylic acids is 1. The van der Waals surface area contributed by atoms with Crippen LogP contribution in [0.15, 0.2) is 77.7 Å². The number of carboxylic acid groups (broad SMARTS) is 1. The molecule has 8 aromatic rings. The molecule has 7 heterocycles. The second-order valence-electron chi connectivity index (χ2n) is 18.9. The molecule has 0 fully saturated rings. The Labute approximate surface area is 520 Å². The number of anilines is 5. The number of rotatable bonds is 16. The summed E-state index contributed by atoms with van der Waals surface area (Å²) in [6, 6.07) is 13.8. The maximum Gasteiger partial charge on any atom is 0.356 e. The predicted molar refractivity (Wildman–Crippen MR) is 323 cm³/mol. The molecular weight excluding hydrogens is 1350 g/mol. The van der Waals surface area contributed by atoms with E-state index in [0.29, 0.717) is 28.3 Å². The molecular formula is C51H57BrF6N16O12S4. The molecule has 8 rings (SSSR count). The number of halogens is 7. The quantitative estimate of drug-likeness (QED) is 0.0338. The van der Waals surface area contributed by atoms with Gasteiger partial charge in [0.1, 0.15) is 45.7 Å². The molecule has 0 saturated heterocycles. The molecule has 1 aromatic carbocycles. The molecule has 0 unspecified atom stereocenters. The number of alkyl halides is 1. The average Bonchev–Trinajstić information content (AvgIpc) is 1.77. The lowest BCUT2D eigenvalue weighted by molar-refractivity contribution is -0.149. The normalized spacial score (nSPS) is 11.6. The third-order valence-electron chi connectivity index (χ3n) is 11.1. The number of hydrogen-bond donors (Lipinski definition) is 6. The standard InChI is InChI=1S/C20H21F2N5O4S.C11H12FN5O4S.C7H8BrFN2O2S.C7H9FN2O2S.C6H7FN2/c1-12-15(25-32(3,29)30)9-14(22)19(23-12)20-16(27(2)26-24-20)10-18(28)31-17(11-21)13-7-5-4-6-8-13;1-5-7(15-22(3,20)21)4-6(12)8(13-5)9-10(11(18)19)17(2)16-14-9;1-4-6(11-14(2,12)13)3-5(9)7(8)10-4;1-5-7(10-13(2,11)12)3-6(8)4-9-5;1-4-6(8)2-5(7)3-9-4/h4-9,17,25H,10-11H2,1-3H3;4,15H,1-3H3,(H,18,19);3,11H,1-2H3;3-4,10H,1-2H3;2-3H,8H2,1H3/t17-;;;;/m1..../s1. The van der Waals surface area contributed by atoms with Crippen LogP contribution in [0.3, 0.4) is 0 Å². The zero-order valence-electron chi connectivity index (χ0n) is 49.1. The summed E-state index contributed by atoms with van der Waals surface area (Å²) in [5, 5.41) is 24.0. The van der Waals surface area contributed by atoms with E-state index in [4.69, 9.17) is 15.6 Å². The fourth-order valence-corrected chi connectivity index (χ4v) is 9.80. The number of hydrogen-bond acceptors (Lipinski definition) is 21. The van der Waals surface area contributed by atoms with Gasteiger partial charge in [0.25, 0.3) is 0 Å². The van der Waals surface area contributed by atoms with Gasteiger partial charge in [0, 0.05) is 44.4 Å². The number of pyridine rings is 5. The number of aromatic nitrogens is 11. The lowest BCUT2D eigenvalue weighted by Crippen LogP contribution is -2.17. The lowest BCUT2D eigenvalue weighted by atomic mass is 10.1. The molecule has 486 valence electrons. The molecule has 0 aliphatic rings. The Morgan fingerprint density at radius 3 is 1.44 bits per heavy atom. The summed E-state index contributed by atoms with van der Waals surface area (Å²) >= 11 is 2.90. The number of sulfonamides is 4. The van der Waals surface area contributed by atoms with Crippen molar-refractivity contribution in [1.82, 2.24) is 54.9 Å². The second kappa shape index (κ2) is 31.0. The number of aromatic carboxylic acids is 1. The van der Waals surface area contributed by atoms with E-state index in [1.165, 1.54) is 38.7 Å². The van der Waals surface area contributed by atoms with Crippen molar-refractivity contribution in [3.63, 3.8) is 0 Å². The van der Waals surface area contributed by atoms with E-state index in [1.54, 1.807) is 51.1 Å². The Morgan fingerprint density at radius 1 is 0.589 bits per heavy atom. The number of nitrogens with one attached hydrogen (secondary N) is 4. The van der Waals surface area contributed by atoms with Crippen LogP contribution in [0.2, 0.25) is 0 Å². The van der Waals surface area contributed by atoms with Gasteiger partial charge in [-0.25, -0.2) is 84.4 Å². The molecule has 0 radical (unpaired) electrons. The highest BCUT2D eigenvalue weighted by Gasteiger charge is 2.27. The van der Waals surface area contributed by atoms with E-state index >= 15 is 0 Å². The van der Waals surface area contributed by atoms with Gasteiger partial charge in [-0.2, -0.15) is 0 Å². The second-order valence-corrected chi connectivity index (χ2v) is 26.6. The third kappa shape index (κ3) is 22.9. The zero-order chi connectivity index (χ0) is 68.0. The molecule has 0 bridgehead atoms. The number of nitrogens with zero attached hydrogens (tertiary/aromatic N) is 11. The van der Waals surface area contributed by atoms with Crippen molar-refractivity contribution in [2.24, 2.45) is 14.1 Å². The lowest BCUT2D eigenvalue weighted by Gasteiger charge is -2.15. The van der Waals surface area contributed by atoms with E-state index in [9.17, 15) is 69.6 Å². The van der Waals surface area contributed by atoms with Crippen LogP contribution < -0.4 is 24.6 Å². The number of esters is 1. The molecule has 0 aliphatic carbocycles. The molecule has 7 aromatic heterocycles. The fraction of sp³-hybridized carbons (Fsp3) is 0.275. The summed E-state index contributed by atoms with van der Waals surface area (Å²) in [5.41, 5.74) is 7.47. The highest BCUT2D eigenvalue weighted by Crippen LogP contribution is 2.30. The Bertz CT molecular complexity index is 4410. The summed E-state index contributed by atoms with van der Waals surface area (Å²) in [6.07, 6.45) is 4.59. The van der Waals surface area contributed by atoms with Gasteiger partial charge >= 0.3 is 11.9 Å². The fourth-order valence-electron chi connectivity index (χ4n) is 7.00. The number of nitrogens with two attached hydrogens (primary N) is 1. The number of aryl methyl sites for hydroxylation is 7. The molecule has 0 aliphatic heterocycles. The number of benzene rings is 1. The van der Waals surface area contributed by atoms with E-state index in [0.717, 1.165) is 66.4 Å². The highest BCUT2D eigenvalue weighted by molar-refractivity contribution is 9.10. The monoisotopic (exact) mass is 1410 g/mol. The van der Waals surface area contributed by atoms with Gasteiger partial charge in [0.15, 0.2) is 29.2 Å². The van der Waals surface area contributed by atoms with Gasteiger partial charge in [0.2, 0.25) is 40.1 Å². The van der Waals surface area contributed by atoms with Crippen molar-refractivity contribution in [1.29, 1.82) is 0 Å². The van der Waals surface area contributed by atoms with E-state index in [2.05, 4.69) is 80.4 Å². The van der Waals surface area contributed by atoms with Crippen molar-refractivity contribution in [3.8, 4) is 22.8 Å². The Balaban J connectivity index is 0.000000258. The Kier molecular flexibility index (Phi) is 25.3. The van der Waals surface area contributed by atoms with Crippen LogP contribution in [0.1, 0.15) is 56.3 Å². The molecule has 90 heavy (non-hydrogen) atoms. The summed E-state index contributed by atoms with van der Waals surface area (Å²) < 4.78 is 185. The molecule has 0 saturated carbocycles. The van der Waals surface area contributed by atoms with Crippen molar-refractivity contribution in [2.45, 2.75) is 47.1 Å². The smallest absolute Gasteiger partial charge is 0.356 e. The van der Waals surface area contributed by atoms with Crippen LogP contribution in [0.25, 0.3) is 22.8 Å². The summed E-state index contributed by atoms with van der Waals surface area (Å²) in [7, 11) is -11.1. The van der Waals surface area contributed by atoms with Gasteiger partial charge in [-0.1, -0.05) is 40.8 Å². The molecule has 39 heteroatoms. The van der Waals surface area contributed by atoms with Crippen LogP contribution in [-0.2, 0) is 70.1 Å². The first-order valence-corrected chi connectivity index (χ1v) is 33.3. The minimum Gasteiger partial charge on any atom is -0.476 e. The van der Waals surface area contributed by atoms with Gasteiger partial charge in [0.05, 0.1) is 106 Å². The number of ether oxygens (including phenoxy) is 1. The summed E-state index contributed by atoms with van der Waals surface area (Å²) in [4.78, 5) is 42.8. The largest absolute Gasteiger partial charge is 0.476 e. The highest BCUT2D eigenvalue weighted by atomic mass is 79.9. The van der Waals surface area contributed by atoms with Crippen molar-refractivity contribution < 1.29 is 79.4 Å². The van der Waals surface area contributed by atoms with Crippen LogP contribution >= 0.6 is 15.9 Å². The predicted octanol–water partition coefficient (Wildman–Crippen LogP) is 6.56. The van der Waals surface area contributed by atoms with Gasteiger partial charge in [-0.15, -0.1) is 10.2 Å². The van der Waals surface area contributed by atoms with E-state index in [1.807, 2.05) is 0 Å². The Hall–Kier alpha value is -8.95. The van der Waals surface area contributed by atoms with E-state index in [-0.39, 0.29) is 79.3 Å². The first-order chi connectivity index (χ1) is 41.6. The molecule has 7 N–H and O–H groups in total. The van der Waals surface area contributed by atoms with Crippen LogP contribution in [0.4, 0.5) is 54.8 Å². The zero-order valence-corrected chi connectivity index (χ0v) is 54.0. The topological polar surface area (TPSA) is 400 Å². The van der Waals surface area contributed by atoms with Gasteiger partial charge in [-0.3, -0.25) is 38.3 Å². The molecule has 0 spiro atoms. The first kappa shape index (κ1) is 73.5. The third-order valence-corrected chi connectivity index (χ3v) is 14.0. The number of carbonyl (C=O) groups is 2. The van der Waals surface area contributed by atoms with Crippen LogP contribution in [-0.4, -0.2) is 137 Å². The molecule has 0 amide bonds. The van der Waals surface area contributed by atoms with Crippen molar-refractivity contribution >= 4 is 96.4 Å². The maximum atomic E-state index is 14.8. The van der Waals surface area contributed by atoms with Gasteiger partial charge < -0.3 is 15.6 Å². The van der Waals surface area contributed by atoms with Gasteiger partial charge in [-0.05, 0) is 56.1 Å². The molecule has 28 nitrogen and oxygen atoms in total. The number of nitrogen functional groups attached to an aromatic ring is 1. The SMILES string of the molecule is Cc1nc(-c2nnn(C)c2C(=O)O)c(F)cc1NS(C)(=O)=O.Cc1nc(-c2nnn(C)c2CC(=O)O[C@H](CF)c2ccccc2)c(F)cc1NS(C)(=O)=O.Cc1nc(Br)c(F)cc1NS(C)(=O)=O.Cc1ncc(F)cc1N.Cc1ncc(F)cc1NS(C)(=O)=O. The minimum absolute atomic E-state index is 0.00698. The summed E-state index contributed by atoms with van der Waals surface area (Å²) in [6.45, 7) is 6.94. The summed E-state index contributed by atoms with van der Waals surface area (Å²) in [5.74, 6) is -5.44. The van der Waals surface area contributed by atoms with E-state index < -0.39 is 93.9 Å². The van der Waals surface area contributed by atoms with Crippen molar-refractivity contribution in [3.05, 3.63) is 152 Å². The minimum atomic E-state index is -3.63. The number of carboxylic acids is 1. The van der Waals surface area contributed by atoms with Crippen molar-refractivity contribution in [2.75, 3.05) is 56.3 Å². The Morgan fingerprint density at radius 2 is 1.00 bits per heavy atom. The molecule has 1 atom stereocenters. The maximum absolute atomic E-state index is 14.8. The first-order valence-electron chi connectivity index (χ1n) is 25.0. The van der Waals surface area contributed by atoms with Crippen LogP contribution in [0, 0.1) is 63.7 Å². The van der Waals surface area contributed by atoms with Crippen LogP contribution in [0.5, 0.6) is 0 Å².